The monoisotopic (exact) mass is 273 g/mol. The van der Waals surface area contributed by atoms with Gasteiger partial charge in [-0.05, 0) is 52.3 Å². The Morgan fingerprint density at radius 3 is 2.95 bits per heavy atom. The van der Waals surface area contributed by atoms with E-state index < -0.39 is 6.10 Å². The number of rotatable bonds is 6. The van der Waals surface area contributed by atoms with Gasteiger partial charge < -0.3 is 10.4 Å². The molecule has 0 radical (unpaired) electrons. The standard InChI is InChI=1S/C16H19NOS/c18-16(15-6-7-19-11-15)10-17-9-12-2-1-3-14(8-12)13-4-5-13/h1-3,6-8,11,13,16-18H,4-5,9-10H2. The average Bonchev–Trinajstić information content (AvgIpc) is 3.14. The van der Waals surface area contributed by atoms with Gasteiger partial charge in [0.2, 0.25) is 0 Å². The van der Waals surface area contributed by atoms with Crippen LogP contribution in [0.3, 0.4) is 0 Å². The third-order valence-electron chi connectivity index (χ3n) is 3.59. The summed E-state index contributed by atoms with van der Waals surface area (Å²) in [6, 6.07) is 10.8. The molecular formula is C16H19NOS. The molecule has 1 aliphatic rings. The maximum Gasteiger partial charge on any atom is 0.0922 e. The molecule has 1 heterocycles. The van der Waals surface area contributed by atoms with Gasteiger partial charge in [-0.3, -0.25) is 0 Å². The Labute approximate surface area is 118 Å². The van der Waals surface area contributed by atoms with E-state index in [1.54, 1.807) is 11.3 Å². The van der Waals surface area contributed by atoms with E-state index >= 15 is 0 Å². The zero-order chi connectivity index (χ0) is 13.1. The van der Waals surface area contributed by atoms with Gasteiger partial charge in [0, 0.05) is 13.1 Å². The quantitative estimate of drug-likeness (QED) is 0.845. The predicted molar refractivity (Wildman–Crippen MR) is 79.4 cm³/mol. The molecule has 1 atom stereocenters. The Hall–Kier alpha value is -1.16. The van der Waals surface area contributed by atoms with E-state index in [1.165, 1.54) is 24.0 Å². The van der Waals surface area contributed by atoms with Gasteiger partial charge >= 0.3 is 0 Å². The van der Waals surface area contributed by atoms with Crippen molar-refractivity contribution >= 4 is 11.3 Å². The molecule has 2 aromatic rings. The van der Waals surface area contributed by atoms with Crippen molar-refractivity contribution in [1.29, 1.82) is 0 Å². The summed E-state index contributed by atoms with van der Waals surface area (Å²) in [6.45, 7) is 1.42. The lowest BCUT2D eigenvalue weighted by molar-refractivity contribution is 0.175. The van der Waals surface area contributed by atoms with E-state index in [4.69, 9.17) is 0 Å². The fraction of sp³-hybridized carbons (Fsp3) is 0.375. The fourth-order valence-corrected chi connectivity index (χ4v) is 3.02. The molecule has 3 rings (SSSR count). The molecule has 19 heavy (non-hydrogen) atoms. The van der Waals surface area contributed by atoms with Crippen LogP contribution in [-0.4, -0.2) is 11.7 Å². The number of thiophene rings is 1. The topological polar surface area (TPSA) is 32.3 Å². The van der Waals surface area contributed by atoms with E-state index in [1.807, 2.05) is 16.8 Å². The molecule has 0 aliphatic heterocycles. The minimum Gasteiger partial charge on any atom is -0.387 e. The third kappa shape index (κ3) is 3.44. The van der Waals surface area contributed by atoms with Crippen molar-refractivity contribution in [3.63, 3.8) is 0 Å². The van der Waals surface area contributed by atoms with Crippen molar-refractivity contribution in [3.8, 4) is 0 Å². The Kier molecular flexibility index (Phi) is 3.97. The third-order valence-corrected chi connectivity index (χ3v) is 4.30. The average molecular weight is 273 g/mol. The van der Waals surface area contributed by atoms with Crippen LogP contribution in [0.1, 0.15) is 41.6 Å². The Morgan fingerprint density at radius 1 is 1.32 bits per heavy atom. The van der Waals surface area contributed by atoms with Crippen LogP contribution in [0.5, 0.6) is 0 Å². The summed E-state index contributed by atoms with van der Waals surface area (Å²) in [4.78, 5) is 0. The maximum atomic E-state index is 9.98. The highest BCUT2D eigenvalue weighted by atomic mass is 32.1. The molecule has 1 aliphatic carbocycles. The summed E-state index contributed by atoms with van der Waals surface area (Å²) in [6.07, 6.45) is 2.28. The second-order valence-corrected chi connectivity index (χ2v) is 6.00. The lowest BCUT2D eigenvalue weighted by Crippen LogP contribution is -2.20. The lowest BCUT2D eigenvalue weighted by atomic mass is 10.1. The van der Waals surface area contributed by atoms with Crippen molar-refractivity contribution in [2.24, 2.45) is 0 Å². The second kappa shape index (κ2) is 5.87. The number of hydrogen-bond donors (Lipinski definition) is 2. The Morgan fingerprint density at radius 2 is 2.21 bits per heavy atom. The minimum atomic E-state index is -0.405. The highest BCUT2D eigenvalue weighted by Gasteiger charge is 2.23. The van der Waals surface area contributed by atoms with Crippen LogP contribution in [0, 0.1) is 0 Å². The molecule has 1 aromatic carbocycles. The van der Waals surface area contributed by atoms with Crippen molar-refractivity contribution < 1.29 is 5.11 Å². The lowest BCUT2D eigenvalue weighted by Gasteiger charge is -2.11. The van der Waals surface area contributed by atoms with Crippen LogP contribution in [0.2, 0.25) is 0 Å². The molecule has 1 aromatic heterocycles. The van der Waals surface area contributed by atoms with Crippen LogP contribution < -0.4 is 5.32 Å². The first-order valence-electron chi connectivity index (χ1n) is 6.82. The van der Waals surface area contributed by atoms with Crippen LogP contribution in [0.25, 0.3) is 0 Å². The van der Waals surface area contributed by atoms with Gasteiger partial charge in [0.05, 0.1) is 6.10 Å². The first kappa shape index (κ1) is 12.9. The van der Waals surface area contributed by atoms with Crippen molar-refractivity contribution in [3.05, 3.63) is 57.8 Å². The SMILES string of the molecule is OC(CNCc1cccc(C2CC2)c1)c1ccsc1. The van der Waals surface area contributed by atoms with Gasteiger partial charge in [-0.1, -0.05) is 24.3 Å². The molecule has 3 heteroatoms. The largest absolute Gasteiger partial charge is 0.387 e. The summed E-state index contributed by atoms with van der Waals surface area (Å²) >= 11 is 1.62. The van der Waals surface area contributed by atoms with Crippen molar-refractivity contribution in [2.45, 2.75) is 31.4 Å². The van der Waals surface area contributed by atoms with E-state index in [-0.39, 0.29) is 0 Å². The van der Waals surface area contributed by atoms with Crippen LogP contribution >= 0.6 is 11.3 Å². The van der Waals surface area contributed by atoms with Crippen LogP contribution in [-0.2, 0) is 6.54 Å². The number of aliphatic hydroxyl groups excluding tert-OH is 1. The molecule has 0 bridgehead atoms. The first-order valence-corrected chi connectivity index (χ1v) is 7.77. The number of benzene rings is 1. The minimum absolute atomic E-state index is 0.405. The van der Waals surface area contributed by atoms with Gasteiger partial charge in [0.15, 0.2) is 0 Å². The fourth-order valence-electron chi connectivity index (χ4n) is 2.31. The van der Waals surface area contributed by atoms with Crippen molar-refractivity contribution in [1.82, 2.24) is 5.32 Å². The van der Waals surface area contributed by atoms with Gasteiger partial charge in [-0.15, -0.1) is 0 Å². The Balaban J connectivity index is 1.50. The van der Waals surface area contributed by atoms with Crippen molar-refractivity contribution in [2.75, 3.05) is 6.54 Å². The molecule has 0 saturated heterocycles. The highest BCUT2D eigenvalue weighted by Crippen LogP contribution is 2.40. The Bertz CT molecular complexity index is 519. The molecule has 100 valence electrons. The summed E-state index contributed by atoms with van der Waals surface area (Å²) in [5.74, 6) is 0.802. The maximum absolute atomic E-state index is 9.98. The van der Waals surface area contributed by atoms with Gasteiger partial charge in [0.1, 0.15) is 0 Å². The number of nitrogens with one attached hydrogen (secondary N) is 1. The molecule has 2 nitrogen and oxygen atoms in total. The molecule has 1 saturated carbocycles. The van der Waals surface area contributed by atoms with E-state index in [2.05, 4.69) is 29.6 Å². The molecule has 2 N–H and O–H groups in total. The number of hydrogen-bond acceptors (Lipinski definition) is 3. The summed E-state index contributed by atoms with van der Waals surface area (Å²) in [5, 5.41) is 17.3. The smallest absolute Gasteiger partial charge is 0.0922 e. The van der Waals surface area contributed by atoms with E-state index in [9.17, 15) is 5.11 Å². The molecular weight excluding hydrogens is 254 g/mol. The molecule has 1 unspecified atom stereocenters. The van der Waals surface area contributed by atoms with E-state index in [0.717, 1.165) is 18.0 Å². The van der Waals surface area contributed by atoms with Crippen LogP contribution in [0.15, 0.2) is 41.1 Å². The second-order valence-electron chi connectivity index (χ2n) is 5.22. The van der Waals surface area contributed by atoms with Gasteiger partial charge in [-0.2, -0.15) is 11.3 Å². The van der Waals surface area contributed by atoms with Gasteiger partial charge in [-0.25, -0.2) is 0 Å². The molecule has 0 spiro atoms. The van der Waals surface area contributed by atoms with Gasteiger partial charge in [0.25, 0.3) is 0 Å². The summed E-state index contributed by atoms with van der Waals surface area (Å²) in [7, 11) is 0. The predicted octanol–water partition coefficient (Wildman–Crippen LogP) is 3.45. The first-order chi connectivity index (χ1) is 9.33. The normalized spacial score (nSPS) is 16.5. The van der Waals surface area contributed by atoms with Crippen LogP contribution in [0.4, 0.5) is 0 Å². The molecule has 1 fully saturated rings. The summed E-state index contributed by atoms with van der Waals surface area (Å²) < 4.78 is 0. The zero-order valence-electron chi connectivity index (χ0n) is 10.9. The molecule has 0 amide bonds. The number of aliphatic hydroxyl groups is 1. The van der Waals surface area contributed by atoms with E-state index in [0.29, 0.717) is 6.54 Å². The zero-order valence-corrected chi connectivity index (χ0v) is 11.7. The highest BCUT2D eigenvalue weighted by molar-refractivity contribution is 7.07. The summed E-state index contributed by atoms with van der Waals surface area (Å²) in [5.41, 5.74) is 3.78.